The highest BCUT2D eigenvalue weighted by atomic mass is 35.5. The van der Waals surface area contributed by atoms with Gasteiger partial charge in [-0.15, -0.1) is 0 Å². The van der Waals surface area contributed by atoms with Gasteiger partial charge in [0.25, 0.3) is 10.0 Å². The second kappa shape index (κ2) is 5.24. The number of rotatable bonds is 3. The number of nitrogens with one attached hydrogen (secondary N) is 1. The van der Waals surface area contributed by atoms with E-state index in [4.69, 9.17) is 11.6 Å². The number of hydrogen-bond donors (Lipinski definition) is 1. The van der Waals surface area contributed by atoms with E-state index in [1.54, 1.807) is 36.4 Å². The van der Waals surface area contributed by atoms with Gasteiger partial charge in [0, 0.05) is 24.3 Å². The maximum atomic E-state index is 12.7. The average Bonchev–Trinajstić information content (AvgIpc) is 2.93. The molecule has 1 aliphatic heterocycles. The first-order chi connectivity index (χ1) is 9.98. The molecule has 0 aromatic heterocycles. The monoisotopic (exact) mass is 322 g/mol. The quantitative estimate of drug-likeness (QED) is 0.944. The maximum Gasteiger partial charge on any atom is 0.264 e. The number of benzene rings is 2. The lowest BCUT2D eigenvalue weighted by atomic mass is 10.2. The molecule has 0 unspecified atom stereocenters. The van der Waals surface area contributed by atoms with Gasteiger partial charge in [-0.2, -0.15) is 0 Å². The van der Waals surface area contributed by atoms with E-state index >= 15 is 0 Å². The molecule has 4 nitrogen and oxygen atoms in total. The van der Waals surface area contributed by atoms with Crippen molar-refractivity contribution in [2.45, 2.75) is 11.3 Å². The average molecular weight is 323 g/mol. The molecule has 0 saturated carbocycles. The molecule has 21 heavy (non-hydrogen) atoms. The van der Waals surface area contributed by atoms with Crippen molar-refractivity contribution in [1.82, 2.24) is 0 Å². The van der Waals surface area contributed by atoms with Gasteiger partial charge in [0.05, 0.1) is 10.6 Å². The van der Waals surface area contributed by atoms with Crippen LogP contribution in [0.2, 0.25) is 5.02 Å². The standard InChI is InChI=1S/C15H15ClN2O2S/c1-18(13-4-2-3-12(16)10-13)21(19,20)14-5-6-15-11(9-14)7-8-17-15/h2-6,9-10,17H,7-8H2,1H3. The Hall–Kier alpha value is -1.72. The lowest BCUT2D eigenvalue weighted by Crippen LogP contribution is -2.26. The van der Waals surface area contributed by atoms with Crippen molar-refractivity contribution in [1.29, 1.82) is 0 Å². The van der Waals surface area contributed by atoms with Gasteiger partial charge < -0.3 is 5.32 Å². The third-order valence-electron chi connectivity index (χ3n) is 3.62. The number of sulfonamides is 1. The van der Waals surface area contributed by atoms with Gasteiger partial charge in [-0.3, -0.25) is 4.31 Å². The molecule has 0 atom stereocenters. The van der Waals surface area contributed by atoms with Crippen LogP contribution in [0.1, 0.15) is 5.56 Å². The summed E-state index contributed by atoms with van der Waals surface area (Å²) in [5, 5.41) is 3.73. The highest BCUT2D eigenvalue weighted by molar-refractivity contribution is 7.92. The predicted octanol–water partition coefficient (Wildman–Crippen LogP) is 3.13. The van der Waals surface area contributed by atoms with Crippen LogP contribution in [0.15, 0.2) is 47.4 Å². The third kappa shape index (κ3) is 2.59. The van der Waals surface area contributed by atoms with E-state index in [-0.39, 0.29) is 0 Å². The summed E-state index contributed by atoms with van der Waals surface area (Å²) in [6, 6.07) is 12.0. The normalized spacial score (nSPS) is 13.6. The Labute approximate surface area is 129 Å². The molecule has 6 heteroatoms. The predicted molar refractivity (Wildman–Crippen MR) is 85.7 cm³/mol. The van der Waals surface area contributed by atoms with Gasteiger partial charge in [-0.25, -0.2) is 8.42 Å². The summed E-state index contributed by atoms with van der Waals surface area (Å²) in [5.41, 5.74) is 2.59. The fraction of sp³-hybridized carbons (Fsp3) is 0.200. The molecular formula is C15H15ClN2O2S. The fourth-order valence-corrected chi connectivity index (χ4v) is 3.83. The number of fused-ring (bicyclic) bond motifs is 1. The molecule has 0 spiro atoms. The first kappa shape index (κ1) is 14.2. The van der Waals surface area contributed by atoms with Crippen LogP contribution >= 0.6 is 11.6 Å². The minimum Gasteiger partial charge on any atom is -0.384 e. The summed E-state index contributed by atoms with van der Waals surface area (Å²) in [6.07, 6.45) is 0.847. The number of hydrogen-bond acceptors (Lipinski definition) is 3. The lowest BCUT2D eigenvalue weighted by Gasteiger charge is -2.20. The van der Waals surface area contributed by atoms with E-state index in [0.717, 1.165) is 24.2 Å². The highest BCUT2D eigenvalue weighted by Crippen LogP contribution is 2.29. The molecule has 1 N–H and O–H groups in total. The smallest absolute Gasteiger partial charge is 0.264 e. The zero-order valence-corrected chi connectivity index (χ0v) is 13.1. The Morgan fingerprint density at radius 2 is 2.00 bits per heavy atom. The van der Waals surface area contributed by atoms with Crippen LogP contribution < -0.4 is 9.62 Å². The second-order valence-electron chi connectivity index (χ2n) is 4.95. The number of halogens is 1. The topological polar surface area (TPSA) is 49.4 Å². The van der Waals surface area contributed by atoms with Crippen molar-refractivity contribution in [2.24, 2.45) is 0 Å². The summed E-state index contributed by atoms with van der Waals surface area (Å²) < 4.78 is 26.7. The van der Waals surface area contributed by atoms with E-state index in [0.29, 0.717) is 15.6 Å². The fourth-order valence-electron chi connectivity index (χ4n) is 2.41. The summed E-state index contributed by atoms with van der Waals surface area (Å²) >= 11 is 5.93. The Bertz CT molecular complexity index is 790. The van der Waals surface area contributed by atoms with Crippen LogP contribution in [-0.4, -0.2) is 22.0 Å². The zero-order chi connectivity index (χ0) is 15.0. The lowest BCUT2D eigenvalue weighted by molar-refractivity contribution is 0.594. The molecule has 2 aromatic rings. The van der Waals surface area contributed by atoms with Crippen molar-refractivity contribution in [3.8, 4) is 0 Å². The molecule has 0 fully saturated rings. The molecule has 2 aromatic carbocycles. The summed E-state index contributed by atoms with van der Waals surface area (Å²) in [5.74, 6) is 0. The van der Waals surface area contributed by atoms with Crippen LogP contribution in [0, 0.1) is 0 Å². The molecule has 0 amide bonds. The van der Waals surface area contributed by atoms with Gasteiger partial charge in [-0.1, -0.05) is 17.7 Å². The summed E-state index contributed by atoms with van der Waals surface area (Å²) in [4.78, 5) is 0.299. The van der Waals surface area contributed by atoms with Crippen molar-refractivity contribution in [3.63, 3.8) is 0 Å². The number of anilines is 2. The van der Waals surface area contributed by atoms with Crippen LogP contribution in [0.4, 0.5) is 11.4 Å². The van der Waals surface area contributed by atoms with Crippen molar-refractivity contribution >= 4 is 33.0 Å². The van der Waals surface area contributed by atoms with E-state index in [1.807, 2.05) is 6.07 Å². The molecule has 0 saturated heterocycles. The molecule has 1 heterocycles. The van der Waals surface area contributed by atoms with E-state index in [9.17, 15) is 8.42 Å². The largest absolute Gasteiger partial charge is 0.384 e. The van der Waals surface area contributed by atoms with Crippen LogP contribution in [0.3, 0.4) is 0 Å². The van der Waals surface area contributed by atoms with Gasteiger partial charge >= 0.3 is 0 Å². The van der Waals surface area contributed by atoms with Crippen LogP contribution in [0.25, 0.3) is 0 Å². The summed E-state index contributed by atoms with van der Waals surface area (Å²) in [6.45, 7) is 0.850. The van der Waals surface area contributed by atoms with E-state index in [2.05, 4.69) is 5.32 Å². The first-order valence-electron chi connectivity index (χ1n) is 6.60. The first-order valence-corrected chi connectivity index (χ1v) is 8.41. The van der Waals surface area contributed by atoms with E-state index < -0.39 is 10.0 Å². The van der Waals surface area contributed by atoms with Crippen molar-refractivity contribution in [3.05, 3.63) is 53.1 Å². The Balaban J connectivity index is 2.00. The molecule has 1 aliphatic rings. The molecular weight excluding hydrogens is 308 g/mol. The number of nitrogens with zero attached hydrogens (tertiary/aromatic N) is 1. The van der Waals surface area contributed by atoms with Gasteiger partial charge in [0.2, 0.25) is 0 Å². The molecule has 0 radical (unpaired) electrons. The van der Waals surface area contributed by atoms with Crippen LogP contribution in [-0.2, 0) is 16.4 Å². The minimum absolute atomic E-state index is 0.299. The Morgan fingerprint density at radius 1 is 1.19 bits per heavy atom. The SMILES string of the molecule is CN(c1cccc(Cl)c1)S(=O)(=O)c1ccc2c(c1)CCN2. The van der Waals surface area contributed by atoms with Crippen molar-refractivity contribution in [2.75, 3.05) is 23.2 Å². The Kier molecular flexibility index (Phi) is 3.55. The second-order valence-corrected chi connectivity index (χ2v) is 7.35. The minimum atomic E-state index is -3.58. The van der Waals surface area contributed by atoms with Gasteiger partial charge in [0.15, 0.2) is 0 Å². The van der Waals surface area contributed by atoms with Gasteiger partial charge in [0.1, 0.15) is 0 Å². The highest BCUT2D eigenvalue weighted by Gasteiger charge is 2.23. The Morgan fingerprint density at radius 3 is 2.76 bits per heavy atom. The van der Waals surface area contributed by atoms with Gasteiger partial charge in [-0.05, 0) is 48.4 Å². The van der Waals surface area contributed by atoms with Crippen molar-refractivity contribution < 1.29 is 8.42 Å². The molecule has 3 rings (SSSR count). The third-order valence-corrected chi connectivity index (χ3v) is 5.63. The van der Waals surface area contributed by atoms with Crippen LogP contribution in [0.5, 0.6) is 0 Å². The summed E-state index contributed by atoms with van der Waals surface area (Å²) in [7, 11) is -2.05. The molecule has 0 bridgehead atoms. The molecule has 110 valence electrons. The zero-order valence-electron chi connectivity index (χ0n) is 11.5. The van der Waals surface area contributed by atoms with E-state index in [1.165, 1.54) is 11.4 Å². The maximum absolute atomic E-state index is 12.7. The molecule has 0 aliphatic carbocycles.